The Balaban J connectivity index is 1.54. The highest BCUT2D eigenvalue weighted by Gasteiger charge is 2.29. The summed E-state index contributed by atoms with van der Waals surface area (Å²) in [5.41, 5.74) is 0. The standard InChI is InChI=1S/C12H22N2O2/c15-11-4-2-1-3-10(11)13-7-8-14-12(16)9-5-6-9/h9-11,13,15H,1-8H2,(H,14,16). The second kappa shape index (κ2) is 5.64. The molecule has 2 atom stereocenters. The highest BCUT2D eigenvalue weighted by atomic mass is 16.3. The van der Waals surface area contributed by atoms with Crippen molar-refractivity contribution in [2.45, 2.75) is 50.7 Å². The zero-order valence-corrected chi connectivity index (χ0v) is 9.74. The lowest BCUT2D eigenvalue weighted by atomic mass is 9.93. The molecule has 2 saturated carbocycles. The van der Waals surface area contributed by atoms with Gasteiger partial charge in [0.1, 0.15) is 0 Å². The van der Waals surface area contributed by atoms with Gasteiger partial charge in [0, 0.05) is 25.0 Å². The van der Waals surface area contributed by atoms with Gasteiger partial charge in [-0.15, -0.1) is 0 Å². The Morgan fingerprint density at radius 1 is 1.12 bits per heavy atom. The van der Waals surface area contributed by atoms with Gasteiger partial charge in [-0.1, -0.05) is 12.8 Å². The predicted octanol–water partition coefficient (Wildman–Crippen LogP) is 0.406. The van der Waals surface area contributed by atoms with Crippen LogP contribution in [-0.2, 0) is 4.79 Å². The van der Waals surface area contributed by atoms with Gasteiger partial charge in [0.15, 0.2) is 0 Å². The number of carbonyl (C=O) groups excluding carboxylic acids is 1. The van der Waals surface area contributed by atoms with Crippen molar-refractivity contribution in [1.29, 1.82) is 0 Å². The Bertz CT molecular complexity index is 241. The molecule has 0 aromatic rings. The van der Waals surface area contributed by atoms with Gasteiger partial charge in [-0.3, -0.25) is 4.79 Å². The number of hydrogen-bond donors (Lipinski definition) is 3. The second-order valence-electron chi connectivity index (χ2n) is 4.98. The largest absolute Gasteiger partial charge is 0.392 e. The maximum Gasteiger partial charge on any atom is 0.223 e. The van der Waals surface area contributed by atoms with Crippen molar-refractivity contribution in [2.75, 3.05) is 13.1 Å². The molecule has 2 rings (SSSR count). The highest BCUT2D eigenvalue weighted by Crippen LogP contribution is 2.28. The normalized spacial score (nSPS) is 30.1. The molecule has 0 heterocycles. The molecule has 0 aromatic carbocycles. The van der Waals surface area contributed by atoms with Crippen molar-refractivity contribution in [3.63, 3.8) is 0 Å². The number of aliphatic hydroxyl groups is 1. The summed E-state index contributed by atoms with van der Waals surface area (Å²) in [6.07, 6.45) is 6.21. The summed E-state index contributed by atoms with van der Waals surface area (Å²) in [4.78, 5) is 11.3. The fourth-order valence-electron chi connectivity index (χ4n) is 2.28. The van der Waals surface area contributed by atoms with Crippen molar-refractivity contribution in [1.82, 2.24) is 10.6 Å². The van der Waals surface area contributed by atoms with E-state index in [1.54, 1.807) is 0 Å². The molecule has 2 fully saturated rings. The first-order chi connectivity index (χ1) is 7.77. The van der Waals surface area contributed by atoms with Crippen LogP contribution in [0.4, 0.5) is 0 Å². The van der Waals surface area contributed by atoms with E-state index in [0.29, 0.717) is 12.5 Å². The third kappa shape index (κ3) is 3.46. The van der Waals surface area contributed by atoms with Gasteiger partial charge in [0.25, 0.3) is 0 Å². The van der Waals surface area contributed by atoms with Crippen LogP contribution in [0, 0.1) is 5.92 Å². The third-order valence-corrected chi connectivity index (χ3v) is 3.51. The fourth-order valence-corrected chi connectivity index (χ4v) is 2.28. The van der Waals surface area contributed by atoms with Gasteiger partial charge >= 0.3 is 0 Å². The Kier molecular flexibility index (Phi) is 4.18. The third-order valence-electron chi connectivity index (χ3n) is 3.51. The van der Waals surface area contributed by atoms with Gasteiger partial charge < -0.3 is 15.7 Å². The molecule has 4 nitrogen and oxygen atoms in total. The second-order valence-corrected chi connectivity index (χ2v) is 4.98. The van der Waals surface area contributed by atoms with Crippen LogP contribution in [0.25, 0.3) is 0 Å². The maximum absolute atomic E-state index is 11.3. The molecule has 2 unspecified atom stereocenters. The summed E-state index contributed by atoms with van der Waals surface area (Å²) < 4.78 is 0. The van der Waals surface area contributed by atoms with Crippen molar-refractivity contribution in [3.8, 4) is 0 Å². The van der Waals surface area contributed by atoms with E-state index in [-0.39, 0.29) is 18.1 Å². The number of amides is 1. The summed E-state index contributed by atoms with van der Waals surface area (Å²) in [5, 5.41) is 16.0. The van der Waals surface area contributed by atoms with Crippen LogP contribution < -0.4 is 10.6 Å². The summed E-state index contributed by atoms with van der Waals surface area (Å²) in [6.45, 7) is 1.44. The monoisotopic (exact) mass is 226 g/mol. The predicted molar refractivity (Wildman–Crippen MR) is 62.0 cm³/mol. The van der Waals surface area contributed by atoms with E-state index in [1.165, 1.54) is 6.42 Å². The first kappa shape index (κ1) is 11.9. The van der Waals surface area contributed by atoms with Gasteiger partial charge in [-0.05, 0) is 25.7 Å². The zero-order valence-electron chi connectivity index (χ0n) is 9.74. The van der Waals surface area contributed by atoms with Crippen LogP contribution in [-0.4, -0.2) is 36.2 Å². The number of rotatable bonds is 5. The molecule has 0 saturated heterocycles. The SMILES string of the molecule is O=C(NCCNC1CCCCC1O)C1CC1. The molecule has 1 amide bonds. The summed E-state index contributed by atoms with van der Waals surface area (Å²) >= 11 is 0. The molecule has 92 valence electrons. The van der Waals surface area contributed by atoms with Gasteiger partial charge in [0.05, 0.1) is 6.10 Å². The number of aliphatic hydroxyl groups excluding tert-OH is 1. The van der Waals surface area contributed by atoms with E-state index in [9.17, 15) is 9.90 Å². The topological polar surface area (TPSA) is 61.4 Å². The molecule has 2 aliphatic rings. The summed E-state index contributed by atoms with van der Waals surface area (Å²) in [5.74, 6) is 0.492. The molecule has 0 spiro atoms. The summed E-state index contributed by atoms with van der Waals surface area (Å²) in [7, 11) is 0. The van der Waals surface area contributed by atoms with Gasteiger partial charge in [-0.2, -0.15) is 0 Å². The molecule has 16 heavy (non-hydrogen) atoms. The zero-order chi connectivity index (χ0) is 11.4. The average Bonchev–Trinajstić information content (AvgIpc) is 3.10. The Hall–Kier alpha value is -0.610. The van der Waals surface area contributed by atoms with Crippen molar-refractivity contribution >= 4 is 5.91 Å². The first-order valence-corrected chi connectivity index (χ1v) is 6.46. The molecular formula is C12H22N2O2. The molecule has 2 aliphatic carbocycles. The molecule has 0 radical (unpaired) electrons. The number of carbonyl (C=O) groups is 1. The van der Waals surface area contributed by atoms with Gasteiger partial charge in [-0.25, -0.2) is 0 Å². The molecule has 0 aromatic heterocycles. The summed E-state index contributed by atoms with van der Waals surface area (Å²) in [6, 6.07) is 0.228. The molecule has 4 heteroatoms. The lowest BCUT2D eigenvalue weighted by molar-refractivity contribution is -0.122. The minimum atomic E-state index is -0.201. The van der Waals surface area contributed by atoms with E-state index >= 15 is 0 Å². The molecule has 3 N–H and O–H groups in total. The average molecular weight is 226 g/mol. The van der Waals surface area contributed by atoms with Crippen molar-refractivity contribution in [2.24, 2.45) is 5.92 Å². The molecule has 0 bridgehead atoms. The van der Waals surface area contributed by atoms with Gasteiger partial charge in [0.2, 0.25) is 5.91 Å². The lowest BCUT2D eigenvalue weighted by Crippen LogP contribution is -2.45. The van der Waals surface area contributed by atoms with E-state index in [0.717, 1.165) is 38.6 Å². The van der Waals surface area contributed by atoms with Crippen LogP contribution >= 0.6 is 0 Å². The smallest absolute Gasteiger partial charge is 0.223 e. The van der Waals surface area contributed by atoms with Crippen LogP contribution in [0.1, 0.15) is 38.5 Å². The quantitative estimate of drug-likeness (QED) is 0.595. The lowest BCUT2D eigenvalue weighted by Gasteiger charge is -2.28. The Morgan fingerprint density at radius 2 is 1.88 bits per heavy atom. The minimum absolute atomic E-state index is 0.200. The molecular weight excluding hydrogens is 204 g/mol. The highest BCUT2D eigenvalue weighted by molar-refractivity contribution is 5.80. The van der Waals surface area contributed by atoms with Crippen LogP contribution in [0.2, 0.25) is 0 Å². The van der Waals surface area contributed by atoms with E-state index < -0.39 is 0 Å². The number of nitrogens with one attached hydrogen (secondary N) is 2. The Morgan fingerprint density at radius 3 is 2.56 bits per heavy atom. The van der Waals surface area contributed by atoms with Crippen LogP contribution in [0.3, 0.4) is 0 Å². The van der Waals surface area contributed by atoms with Crippen LogP contribution in [0.15, 0.2) is 0 Å². The van der Waals surface area contributed by atoms with E-state index in [4.69, 9.17) is 0 Å². The van der Waals surface area contributed by atoms with E-state index in [1.807, 2.05) is 0 Å². The minimum Gasteiger partial charge on any atom is -0.392 e. The first-order valence-electron chi connectivity index (χ1n) is 6.46. The van der Waals surface area contributed by atoms with Crippen LogP contribution in [0.5, 0.6) is 0 Å². The maximum atomic E-state index is 11.3. The fraction of sp³-hybridized carbons (Fsp3) is 0.917. The number of hydrogen-bond acceptors (Lipinski definition) is 3. The van der Waals surface area contributed by atoms with E-state index in [2.05, 4.69) is 10.6 Å². The Labute approximate surface area is 96.8 Å². The van der Waals surface area contributed by atoms with Crippen molar-refractivity contribution in [3.05, 3.63) is 0 Å². The molecule has 0 aliphatic heterocycles. The van der Waals surface area contributed by atoms with Crippen molar-refractivity contribution < 1.29 is 9.90 Å².